The first kappa shape index (κ1) is 21.8. The number of nitrogens with zero attached hydrogens (tertiary/aromatic N) is 2. The van der Waals surface area contributed by atoms with Gasteiger partial charge in [0.2, 0.25) is 5.91 Å². The van der Waals surface area contributed by atoms with Gasteiger partial charge in [-0.05, 0) is 54.0 Å². The summed E-state index contributed by atoms with van der Waals surface area (Å²) >= 11 is 1.70. The summed E-state index contributed by atoms with van der Waals surface area (Å²) in [5.74, 6) is -0.0457. The number of carbonyl (C=O) groups is 2. The van der Waals surface area contributed by atoms with E-state index in [2.05, 4.69) is 78.6 Å². The lowest BCUT2D eigenvalue weighted by Gasteiger charge is -2.19. The van der Waals surface area contributed by atoms with E-state index in [-0.39, 0.29) is 24.3 Å². The van der Waals surface area contributed by atoms with Crippen molar-refractivity contribution < 1.29 is 9.59 Å². The summed E-state index contributed by atoms with van der Waals surface area (Å²) in [6, 6.07) is 14.8. The van der Waals surface area contributed by atoms with Gasteiger partial charge in [0.25, 0.3) is 5.91 Å². The Morgan fingerprint density at radius 1 is 1.18 bits per heavy atom. The maximum Gasteiger partial charge on any atom is 0.259 e. The second-order valence-corrected chi connectivity index (χ2v) is 10.2. The van der Waals surface area contributed by atoms with Gasteiger partial charge in [-0.3, -0.25) is 14.5 Å². The molecule has 33 heavy (non-hydrogen) atoms. The first-order valence-electron chi connectivity index (χ1n) is 11.5. The van der Waals surface area contributed by atoms with Crippen molar-refractivity contribution in [3.63, 3.8) is 0 Å². The van der Waals surface area contributed by atoms with Crippen LogP contribution in [0.1, 0.15) is 44.2 Å². The number of aryl methyl sites for hydroxylation is 1. The summed E-state index contributed by atoms with van der Waals surface area (Å²) in [6.07, 6.45) is 5.37. The third kappa shape index (κ3) is 3.66. The van der Waals surface area contributed by atoms with Gasteiger partial charge in [-0.25, -0.2) is 0 Å². The Hall–Kier alpha value is -2.99. The first-order chi connectivity index (χ1) is 15.9. The molecule has 0 unspecified atom stereocenters. The predicted molar refractivity (Wildman–Crippen MR) is 135 cm³/mol. The van der Waals surface area contributed by atoms with E-state index < -0.39 is 0 Å². The molecule has 5 nitrogen and oxygen atoms in total. The molecule has 6 heteroatoms. The van der Waals surface area contributed by atoms with Crippen molar-refractivity contribution in [2.75, 3.05) is 18.1 Å². The van der Waals surface area contributed by atoms with Crippen LogP contribution in [0.25, 0.3) is 10.9 Å². The first-order valence-corrected chi connectivity index (χ1v) is 12.7. The highest BCUT2D eigenvalue weighted by Gasteiger charge is 2.41. The van der Waals surface area contributed by atoms with E-state index in [1.54, 1.807) is 11.8 Å². The molecule has 170 valence electrons. The van der Waals surface area contributed by atoms with E-state index >= 15 is 0 Å². The van der Waals surface area contributed by atoms with Crippen molar-refractivity contribution in [3.05, 3.63) is 71.1 Å². The zero-order valence-corrected chi connectivity index (χ0v) is 20.3. The molecule has 2 amide bonds. The van der Waals surface area contributed by atoms with E-state index in [1.807, 2.05) is 0 Å². The van der Waals surface area contributed by atoms with Crippen LogP contribution in [0.15, 0.2) is 64.8 Å². The molecule has 3 aromatic rings. The molecule has 1 atom stereocenters. The number of hydrogen-bond donors (Lipinski definition) is 1. The number of aromatic nitrogens is 1. The summed E-state index contributed by atoms with van der Waals surface area (Å²) in [5, 5.41) is 4.71. The quantitative estimate of drug-likeness (QED) is 0.504. The van der Waals surface area contributed by atoms with E-state index in [0.29, 0.717) is 11.5 Å². The molecule has 0 radical (unpaired) electrons. The maximum absolute atomic E-state index is 13.5. The molecule has 5 rings (SSSR count). The van der Waals surface area contributed by atoms with Crippen LogP contribution in [-0.2, 0) is 16.1 Å². The number of imide groups is 1. The maximum atomic E-state index is 13.5. The van der Waals surface area contributed by atoms with Crippen molar-refractivity contribution in [2.45, 2.75) is 44.6 Å². The van der Waals surface area contributed by atoms with Crippen molar-refractivity contribution in [1.29, 1.82) is 0 Å². The van der Waals surface area contributed by atoms with Gasteiger partial charge in [0.1, 0.15) is 0 Å². The number of hydrogen-bond acceptors (Lipinski definition) is 4. The molecule has 2 aliphatic heterocycles. The van der Waals surface area contributed by atoms with Gasteiger partial charge in [0.15, 0.2) is 0 Å². The smallest absolute Gasteiger partial charge is 0.259 e. The number of carbonyl (C=O) groups excluding carboxylic acids is 2. The van der Waals surface area contributed by atoms with Crippen molar-refractivity contribution in [3.8, 4) is 0 Å². The molecule has 3 heterocycles. The second kappa shape index (κ2) is 8.41. The molecule has 0 spiro atoms. The third-order valence-electron chi connectivity index (χ3n) is 6.71. The van der Waals surface area contributed by atoms with Crippen LogP contribution in [0, 0.1) is 5.92 Å². The third-order valence-corrected chi connectivity index (χ3v) is 7.46. The van der Waals surface area contributed by atoms with Crippen LogP contribution in [0.2, 0.25) is 0 Å². The Morgan fingerprint density at radius 2 is 1.94 bits per heavy atom. The Morgan fingerprint density at radius 3 is 2.61 bits per heavy atom. The number of amides is 2. The lowest BCUT2D eigenvalue weighted by atomic mass is 9.84. The number of benzene rings is 2. The Kier molecular flexibility index (Phi) is 5.57. The van der Waals surface area contributed by atoms with Gasteiger partial charge < -0.3 is 9.88 Å². The highest BCUT2D eigenvalue weighted by Crippen LogP contribution is 2.46. The molecule has 0 fully saturated rings. The molecule has 2 aliphatic rings. The zero-order valence-electron chi connectivity index (χ0n) is 19.5. The fourth-order valence-electron chi connectivity index (χ4n) is 5.00. The molecule has 0 saturated heterocycles. The molecule has 0 aliphatic carbocycles. The normalized spacial score (nSPS) is 17.5. The van der Waals surface area contributed by atoms with Crippen LogP contribution < -0.4 is 5.32 Å². The minimum Gasteiger partial charge on any atom is -0.356 e. The number of rotatable bonds is 5. The largest absolute Gasteiger partial charge is 0.356 e. The van der Waals surface area contributed by atoms with Crippen LogP contribution in [-0.4, -0.2) is 34.1 Å². The molecule has 0 bridgehead atoms. The van der Waals surface area contributed by atoms with Crippen molar-refractivity contribution >= 4 is 40.2 Å². The minimum absolute atomic E-state index is 0.195. The molecule has 1 N–H and O–H groups in total. The number of thioether (sulfide) groups is 1. The van der Waals surface area contributed by atoms with E-state index in [1.165, 1.54) is 22.2 Å². The van der Waals surface area contributed by atoms with Crippen LogP contribution in [0.4, 0.5) is 5.69 Å². The molecule has 0 saturated carbocycles. The summed E-state index contributed by atoms with van der Waals surface area (Å²) in [6.45, 7) is 7.15. The number of anilines is 1. The van der Waals surface area contributed by atoms with Gasteiger partial charge in [-0.15, -0.1) is 11.8 Å². The minimum atomic E-state index is -0.230. The monoisotopic (exact) mass is 459 g/mol. The van der Waals surface area contributed by atoms with E-state index in [4.69, 9.17) is 0 Å². The predicted octanol–water partition coefficient (Wildman–Crippen LogP) is 5.61. The zero-order chi connectivity index (χ0) is 23.3. The summed E-state index contributed by atoms with van der Waals surface area (Å²) in [7, 11) is 0. The molecular formula is C27H29N3O2S. The summed E-state index contributed by atoms with van der Waals surface area (Å²) in [5.41, 5.74) is 5.88. The molecule has 1 aromatic heterocycles. The highest BCUT2D eigenvalue weighted by molar-refractivity contribution is 7.98. The fourth-order valence-corrected chi connectivity index (χ4v) is 5.41. The van der Waals surface area contributed by atoms with Crippen LogP contribution in [0.3, 0.4) is 0 Å². The molecule has 2 aromatic carbocycles. The van der Waals surface area contributed by atoms with Gasteiger partial charge in [-0.1, -0.05) is 32.0 Å². The second-order valence-electron chi connectivity index (χ2n) is 9.29. The van der Waals surface area contributed by atoms with Gasteiger partial charge in [0, 0.05) is 47.2 Å². The van der Waals surface area contributed by atoms with Crippen molar-refractivity contribution in [2.24, 2.45) is 5.92 Å². The van der Waals surface area contributed by atoms with E-state index in [0.717, 1.165) is 40.9 Å². The molecular weight excluding hydrogens is 430 g/mol. The lowest BCUT2D eigenvalue weighted by Crippen LogP contribution is -2.33. The van der Waals surface area contributed by atoms with Crippen LogP contribution in [0.5, 0.6) is 0 Å². The van der Waals surface area contributed by atoms with Crippen LogP contribution >= 0.6 is 11.8 Å². The summed E-state index contributed by atoms with van der Waals surface area (Å²) < 4.78 is 2.33. The number of nitrogens with one attached hydrogen (secondary N) is 1. The Labute approximate surface area is 198 Å². The standard InChI is InChI=1S/C27H29N3O2S/c1-16(2)12-13-29-14-20-24(18-8-10-19(33-4)11-9-18)26-22(15-30(17(3)31)27(26)32)28-21-6-5-7-23(29)25(20)21/h5-11,14,16,24,28H,12-13,15H2,1-4H3/t24-/m1/s1. The Balaban J connectivity index is 1.73. The average molecular weight is 460 g/mol. The Bertz CT molecular complexity index is 1290. The average Bonchev–Trinajstić information content (AvgIpc) is 3.28. The SMILES string of the molecule is CSc1ccc([C@H]2C3=C(CN(C(C)=O)C3=O)Nc3cccc4c3c2cn4CCC(C)C)cc1. The van der Waals surface area contributed by atoms with Crippen molar-refractivity contribution in [1.82, 2.24) is 9.47 Å². The lowest BCUT2D eigenvalue weighted by molar-refractivity contribution is -0.139. The highest BCUT2D eigenvalue weighted by atomic mass is 32.2. The van der Waals surface area contributed by atoms with Gasteiger partial charge in [0.05, 0.1) is 17.6 Å². The van der Waals surface area contributed by atoms with Gasteiger partial charge in [-0.2, -0.15) is 0 Å². The fraction of sp³-hybridized carbons (Fsp3) is 0.333. The topological polar surface area (TPSA) is 54.3 Å². The summed E-state index contributed by atoms with van der Waals surface area (Å²) in [4.78, 5) is 28.3. The van der Waals surface area contributed by atoms with Gasteiger partial charge >= 0.3 is 0 Å². The van der Waals surface area contributed by atoms with E-state index in [9.17, 15) is 9.59 Å².